The van der Waals surface area contributed by atoms with Gasteiger partial charge >= 0.3 is 11.0 Å². The zero-order valence-electron chi connectivity index (χ0n) is 7.99. The summed E-state index contributed by atoms with van der Waals surface area (Å²) in [5.41, 5.74) is 0.688. The molecule has 0 aliphatic carbocycles. The second kappa shape index (κ2) is 3.75. The van der Waals surface area contributed by atoms with Crippen LogP contribution in [-0.2, 0) is 4.74 Å². The Morgan fingerprint density at radius 2 is 2.07 bits per heavy atom. The van der Waals surface area contributed by atoms with Gasteiger partial charge in [-0.1, -0.05) is 11.3 Å². The Hall–Kier alpha value is -1.43. The molecule has 1 aromatic rings. The summed E-state index contributed by atoms with van der Waals surface area (Å²) in [6, 6.07) is 0. The molecule has 14 heavy (non-hydrogen) atoms. The fourth-order valence-electron chi connectivity index (χ4n) is 1.22. The number of rotatable bonds is 2. The first-order valence-electron chi connectivity index (χ1n) is 3.81. The third kappa shape index (κ3) is 1.60. The first-order valence-corrected chi connectivity index (χ1v) is 4.63. The molecule has 0 bridgehead atoms. The number of carbonyl (C=O) groups excluding carboxylic acids is 1. The number of hydrogen-bond donors (Lipinski definition) is 0. The molecule has 6 heteroatoms. The number of thiophene rings is 1. The number of aryl methyl sites for hydroxylation is 1. The fourth-order valence-corrected chi connectivity index (χ4v) is 2.17. The minimum Gasteiger partial charge on any atom is -0.465 e. The highest BCUT2D eigenvalue weighted by molar-refractivity contribution is 7.15. The van der Waals surface area contributed by atoms with Crippen molar-refractivity contribution >= 4 is 22.3 Å². The summed E-state index contributed by atoms with van der Waals surface area (Å²) in [4.78, 5) is 21.9. The smallest absolute Gasteiger partial charge is 0.339 e. The number of carbonyl (C=O) groups is 1. The van der Waals surface area contributed by atoms with Crippen LogP contribution in [0.3, 0.4) is 0 Å². The molecular weight excluding hydrogens is 206 g/mol. The van der Waals surface area contributed by atoms with Crippen molar-refractivity contribution in [1.82, 2.24) is 0 Å². The first-order chi connectivity index (χ1) is 6.49. The molecular formula is C8H9NO4S. The van der Waals surface area contributed by atoms with Gasteiger partial charge in [0.2, 0.25) is 0 Å². The Morgan fingerprint density at radius 3 is 2.43 bits per heavy atom. The second-order valence-electron chi connectivity index (χ2n) is 2.71. The standard InChI is InChI=1S/C8H9NO4S/c1-4-6(8(10)13-3)5(2)14-7(4)9(11)12/h1-3H3. The molecule has 0 fully saturated rings. The maximum atomic E-state index is 11.3. The summed E-state index contributed by atoms with van der Waals surface area (Å²) in [6.07, 6.45) is 0. The molecule has 0 aliphatic rings. The molecule has 5 nitrogen and oxygen atoms in total. The van der Waals surface area contributed by atoms with E-state index in [2.05, 4.69) is 4.74 Å². The van der Waals surface area contributed by atoms with Crippen molar-refractivity contribution in [3.8, 4) is 0 Å². The predicted molar refractivity (Wildman–Crippen MR) is 51.8 cm³/mol. The van der Waals surface area contributed by atoms with Gasteiger partial charge in [-0.05, 0) is 13.8 Å². The van der Waals surface area contributed by atoms with Crippen molar-refractivity contribution in [2.75, 3.05) is 7.11 Å². The molecule has 0 atom stereocenters. The number of nitrogens with zero attached hydrogens (tertiary/aromatic N) is 1. The van der Waals surface area contributed by atoms with Crippen molar-refractivity contribution in [3.05, 3.63) is 26.1 Å². The molecule has 1 heterocycles. The zero-order valence-corrected chi connectivity index (χ0v) is 8.80. The molecule has 0 saturated carbocycles. The molecule has 0 spiro atoms. The van der Waals surface area contributed by atoms with E-state index in [1.165, 1.54) is 7.11 Å². The lowest BCUT2D eigenvalue weighted by Gasteiger charge is -1.97. The van der Waals surface area contributed by atoms with E-state index < -0.39 is 10.9 Å². The molecule has 1 rings (SSSR count). The van der Waals surface area contributed by atoms with Crippen LogP contribution in [0.5, 0.6) is 0 Å². The van der Waals surface area contributed by atoms with Crippen LogP contribution in [-0.4, -0.2) is 18.0 Å². The lowest BCUT2D eigenvalue weighted by molar-refractivity contribution is -0.380. The summed E-state index contributed by atoms with van der Waals surface area (Å²) >= 11 is 0.993. The van der Waals surface area contributed by atoms with E-state index in [9.17, 15) is 14.9 Å². The quantitative estimate of drug-likeness (QED) is 0.430. The summed E-state index contributed by atoms with van der Waals surface area (Å²) in [7, 11) is 1.25. The minimum absolute atomic E-state index is 0.00269. The average Bonchev–Trinajstić information content (AvgIpc) is 2.41. The molecule has 0 radical (unpaired) electrons. The van der Waals surface area contributed by atoms with Crippen LogP contribution in [0.1, 0.15) is 20.8 Å². The van der Waals surface area contributed by atoms with Crippen LogP contribution < -0.4 is 0 Å². The largest absolute Gasteiger partial charge is 0.465 e. The Morgan fingerprint density at radius 1 is 1.50 bits per heavy atom. The van der Waals surface area contributed by atoms with Gasteiger partial charge in [0.25, 0.3) is 0 Å². The predicted octanol–water partition coefficient (Wildman–Crippen LogP) is 2.06. The van der Waals surface area contributed by atoms with Crippen molar-refractivity contribution in [2.24, 2.45) is 0 Å². The molecule has 0 saturated heterocycles. The van der Waals surface area contributed by atoms with Gasteiger partial charge in [0.15, 0.2) is 0 Å². The van der Waals surface area contributed by atoms with Gasteiger partial charge in [-0.25, -0.2) is 4.79 Å². The van der Waals surface area contributed by atoms with Crippen molar-refractivity contribution in [3.63, 3.8) is 0 Å². The lowest BCUT2D eigenvalue weighted by atomic mass is 10.1. The SMILES string of the molecule is COC(=O)c1c(C)sc([N+](=O)[O-])c1C. The van der Waals surface area contributed by atoms with Crippen LogP contribution >= 0.6 is 11.3 Å². The molecule has 0 unspecified atom stereocenters. The molecule has 0 amide bonds. The van der Waals surface area contributed by atoms with Crippen molar-refractivity contribution in [2.45, 2.75) is 13.8 Å². The number of nitro groups is 1. The maximum Gasteiger partial charge on any atom is 0.339 e. The van der Waals surface area contributed by atoms with E-state index in [0.717, 1.165) is 11.3 Å². The van der Waals surface area contributed by atoms with Gasteiger partial charge < -0.3 is 4.74 Å². The van der Waals surface area contributed by atoms with E-state index >= 15 is 0 Å². The van der Waals surface area contributed by atoms with Crippen LogP contribution in [0.2, 0.25) is 0 Å². The van der Waals surface area contributed by atoms with E-state index in [1.807, 2.05) is 0 Å². The van der Waals surface area contributed by atoms with Gasteiger partial charge in [0, 0.05) is 4.88 Å². The Bertz CT molecular complexity index is 396. The molecule has 0 aliphatic heterocycles. The third-order valence-corrected chi connectivity index (χ3v) is 3.01. The molecule has 0 aromatic carbocycles. The Labute approximate surface area is 84.5 Å². The van der Waals surface area contributed by atoms with Gasteiger partial charge in [-0.15, -0.1) is 0 Å². The zero-order chi connectivity index (χ0) is 10.9. The maximum absolute atomic E-state index is 11.3. The summed E-state index contributed by atoms with van der Waals surface area (Å²) in [5, 5.41) is 10.6. The van der Waals surface area contributed by atoms with Crippen LogP contribution in [0.4, 0.5) is 5.00 Å². The topological polar surface area (TPSA) is 69.4 Å². The van der Waals surface area contributed by atoms with Crippen LogP contribution in [0.15, 0.2) is 0 Å². The van der Waals surface area contributed by atoms with Crippen molar-refractivity contribution < 1.29 is 14.5 Å². The second-order valence-corrected chi connectivity index (χ2v) is 3.92. The fraction of sp³-hybridized carbons (Fsp3) is 0.375. The normalized spacial score (nSPS) is 9.93. The average molecular weight is 215 g/mol. The van der Waals surface area contributed by atoms with Gasteiger partial charge in [-0.2, -0.15) is 0 Å². The highest BCUT2D eigenvalue weighted by atomic mass is 32.1. The monoisotopic (exact) mass is 215 g/mol. The summed E-state index contributed by atoms with van der Waals surface area (Å²) in [5.74, 6) is -0.524. The van der Waals surface area contributed by atoms with E-state index in [1.54, 1.807) is 13.8 Å². The summed E-state index contributed by atoms with van der Waals surface area (Å²) < 4.78 is 4.54. The van der Waals surface area contributed by atoms with E-state index in [0.29, 0.717) is 16.0 Å². The van der Waals surface area contributed by atoms with Crippen LogP contribution in [0.25, 0.3) is 0 Å². The number of ether oxygens (including phenoxy) is 1. The highest BCUT2D eigenvalue weighted by Crippen LogP contribution is 2.33. The molecule has 76 valence electrons. The number of hydrogen-bond acceptors (Lipinski definition) is 5. The highest BCUT2D eigenvalue weighted by Gasteiger charge is 2.25. The lowest BCUT2D eigenvalue weighted by Crippen LogP contribution is -2.03. The van der Waals surface area contributed by atoms with Gasteiger partial charge in [0.1, 0.15) is 0 Å². The van der Waals surface area contributed by atoms with Gasteiger partial charge in [0.05, 0.1) is 23.2 Å². The first kappa shape index (κ1) is 10.6. The van der Waals surface area contributed by atoms with Crippen molar-refractivity contribution in [1.29, 1.82) is 0 Å². The molecule has 0 N–H and O–H groups in total. The summed E-state index contributed by atoms with van der Waals surface area (Å²) in [6.45, 7) is 3.21. The third-order valence-electron chi connectivity index (χ3n) is 1.85. The molecule has 1 aromatic heterocycles. The van der Waals surface area contributed by atoms with E-state index in [4.69, 9.17) is 0 Å². The number of esters is 1. The Kier molecular flexibility index (Phi) is 2.85. The number of methoxy groups -OCH3 is 1. The Balaban J connectivity index is 3.31. The van der Waals surface area contributed by atoms with Gasteiger partial charge in [-0.3, -0.25) is 10.1 Å². The minimum atomic E-state index is -0.524. The van der Waals surface area contributed by atoms with E-state index in [-0.39, 0.29) is 5.00 Å². The van der Waals surface area contributed by atoms with Crippen LogP contribution in [0, 0.1) is 24.0 Å².